The first-order chi connectivity index (χ1) is 6.04. The largest absolute Gasteiger partial charge is 0.400 e. The molecule has 2 heteroatoms. The zero-order valence-electron chi connectivity index (χ0n) is 9.54. The van der Waals surface area contributed by atoms with E-state index in [2.05, 4.69) is 19.8 Å². The normalized spacial score (nSPS) is 5.20. The van der Waals surface area contributed by atoms with Gasteiger partial charge >= 0.3 is 0 Å². The average Bonchev–Trinajstić information content (AvgIpc) is 2.09. The lowest BCUT2D eigenvalue weighted by Gasteiger charge is -1.95. The van der Waals surface area contributed by atoms with Crippen LogP contribution in [0.4, 0.5) is 0 Å². The van der Waals surface area contributed by atoms with Gasteiger partial charge in [-0.25, -0.2) is 0 Å². The van der Waals surface area contributed by atoms with Crippen LogP contribution in [-0.4, -0.2) is 23.9 Å². The Morgan fingerprint density at radius 1 is 0.850 bits per heavy atom. The SMILES string of the molecule is C.C.C.C.C.C.C.C#CC(C)C.CC(C)CCO.CO.[HH]. The molecular weight excluding hydrogens is 248 g/mol. The Morgan fingerprint density at radius 3 is 1.05 bits per heavy atom. The Hall–Kier alpha value is -0.520. The van der Waals surface area contributed by atoms with Crippen molar-refractivity contribution in [3.63, 3.8) is 0 Å². The molecule has 0 aromatic rings. The van der Waals surface area contributed by atoms with Crippen LogP contribution in [0.1, 0.15) is 87.5 Å². The van der Waals surface area contributed by atoms with Gasteiger partial charge in [0.2, 0.25) is 0 Å². The highest BCUT2D eigenvalue weighted by Gasteiger charge is 1.86. The van der Waals surface area contributed by atoms with Crippen LogP contribution in [0.15, 0.2) is 0 Å². The number of hydrogen-bond donors (Lipinski definition) is 2. The first-order valence-corrected chi connectivity index (χ1v) is 4.56. The molecule has 0 heterocycles. The van der Waals surface area contributed by atoms with E-state index in [9.17, 15) is 0 Å². The summed E-state index contributed by atoms with van der Waals surface area (Å²) in [6.07, 6.45) is 5.85. The second-order valence-corrected chi connectivity index (χ2v) is 3.23. The predicted octanol–water partition coefficient (Wildman–Crippen LogP) is 6.61. The lowest BCUT2D eigenvalue weighted by Crippen LogP contribution is -1.89. The highest BCUT2D eigenvalue weighted by Crippen LogP contribution is 1.94. The van der Waals surface area contributed by atoms with Gasteiger partial charge in [0.1, 0.15) is 0 Å². The van der Waals surface area contributed by atoms with Crippen molar-refractivity contribution in [1.82, 2.24) is 0 Å². The van der Waals surface area contributed by atoms with E-state index < -0.39 is 0 Å². The van der Waals surface area contributed by atoms with Gasteiger partial charge < -0.3 is 10.2 Å². The van der Waals surface area contributed by atoms with Gasteiger partial charge in [-0.05, 0) is 12.3 Å². The molecule has 20 heavy (non-hydrogen) atoms. The zero-order valence-corrected chi connectivity index (χ0v) is 9.54. The Labute approximate surface area is 136 Å². The van der Waals surface area contributed by atoms with Crippen molar-refractivity contribution in [3.8, 4) is 12.3 Å². The molecule has 0 aliphatic heterocycles. The van der Waals surface area contributed by atoms with Crippen LogP contribution in [0.2, 0.25) is 0 Å². The summed E-state index contributed by atoms with van der Waals surface area (Å²) >= 11 is 0. The minimum atomic E-state index is 0. The fourth-order valence-corrected chi connectivity index (χ4v) is 0.258. The van der Waals surface area contributed by atoms with E-state index >= 15 is 0 Å². The topological polar surface area (TPSA) is 40.5 Å². The van der Waals surface area contributed by atoms with Crippen LogP contribution in [0.25, 0.3) is 0 Å². The van der Waals surface area contributed by atoms with Gasteiger partial charge in [-0.2, -0.15) is 0 Å². The smallest absolute Gasteiger partial charge is 0.0433 e. The lowest BCUT2D eigenvalue weighted by atomic mass is 10.2. The predicted molar refractivity (Wildman–Crippen MR) is 108 cm³/mol. The van der Waals surface area contributed by atoms with E-state index in [0.717, 1.165) is 13.5 Å². The highest BCUT2D eigenvalue weighted by molar-refractivity contribution is 4.86. The van der Waals surface area contributed by atoms with E-state index in [4.69, 9.17) is 16.6 Å². The van der Waals surface area contributed by atoms with Crippen molar-refractivity contribution >= 4 is 0 Å². The van der Waals surface area contributed by atoms with Crippen LogP contribution >= 0.6 is 0 Å². The van der Waals surface area contributed by atoms with Gasteiger partial charge in [0, 0.05) is 21.1 Å². The molecule has 138 valence electrons. The summed E-state index contributed by atoms with van der Waals surface area (Å²) < 4.78 is 0. The van der Waals surface area contributed by atoms with E-state index in [1.54, 1.807) is 0 Å². The lowest BCUT2D eigenvalue weighted by molar-refractivity contribution is 0.268. The number of terminal acetylenes is 1. The second kappa shape index (κ2) is 78.5. The summed E-state index contributed by atoms with van der Waals surface area (Å²) in [5.41, 5.74) is 0. The van der Waals surface area contributed by atoms with Crippen molar-refractivity contribution in [1.29, 1.82) is 0 Å². The summed E-state index contributed by atoms with van der Waals surface area (Å²) in [6, 6.07) is 0. The molecule has 2 nitrogen and oxygen atoms in total. The van der Waals surface area contributed by atoms with Crippen LogP contribution in [0.3, 0.4) is 0 Å². The summed E-state index contributed by atoms with van der Waals surface area (Å²) in [5.74, 6) is 3.59. The Bertz CT molecular complexity index is 108. The molecule has 0 unspecified atom stereocenters. The molecule has 0 aliphatic carbocycles. The third-order valence-corrected chi connectivity index (χ3v) is 1.04. The molecule has 0 saturated heterocycles. The number of aliphatic hydroxyl groups is 2. The molecule has 0 radical (unpaired) electrons. The van der Waals surface area contributed by atoms with Gasteiger partial charge in [0.15, 0.2) is 0 Å². The molecule has 0 fully saturated rings. The van der Waals surface area contributed by atoms with Gasteiger partial charge in [-0.15, -0.1) is 12.3 Å². The molecule has 2 N–H and O–H groups in total. The Morgan fingerprint density at radius 2 is 1.05 bits per heavy atom. The van der Waals surface area contributed by atoms with E-state index in [1.807, 2.05) is 13.8 Å². The molecule has 0 aliphatic rings. The molecule has 0 aromatic heterocycles. The first kappa shape index (κ1) is 74.0. The second-order valence-electron chi connectivity index (χ2n) is 3.23. The molecule has 0 amide bonds. The van der Waals surface area contributed by atoms with Gasteiger partial charge in [-0.1, -0.05) is 79.7 Å². The quantitative estimate of drug-likeness (QED) is 0.563. The van der Waals surface area contributed by atoms with Gasteiger partial charge in [0.25, 0.3) is 0 Å². The highest BCUT2D eigenvalue weighted by atomic mass is 16.3. The van der Waals surface area contributed by atoms with Crippen molar-refractivity contribution in [3.05, 3.63) is 0 Å². The van der Waals surface area contributed by atoms with Crippen LogP contribution in [0.5, 0.6) is 0 Å². The fourth-order valence-electron chi connectivity index (χ4n) is 0.258. The zero-order chi connectivity index (χ0) is 11.3. The molecule has 0 rings (SSSR count). The summed E-state index contributed by atoms with van der Waals surface area (Å²) in [4.78, 5) is 0. The van der Waals surface area contributed by atoms with Crippen molar-refractivity contribution < 1.29 is 11.6 Å². The van der Waals surface area contributed by atoms with Crippen LogP contribution in [0, 0.1) is 24.2 Å². The maximum atomic E-state index is 8.24. The van der Waals surface area contributed by atoms with E-state index in [1.165, 1.54) is 0 Å². The molecule has 0 spiro atoms. The average molecular weight is 303 g/mol. The van der Waals surface area contributed by atoms with Crippen molar-refractivity contribution in [2.45, 2.75) is 86.1 Å². The summed E-state index contributed by atoms with van der Waals surface area (Å²) in [6.45, 7) is 8.49. The molecule has 0 aromatic carbocycles. The molecule has 0 bridgehead atoms. The van der Waals surface area contributed by atoms with E-state index in [-0.39, 0.29) is 53.4 Å². The minimum Gasteiger partial charge on any atom is -0.400 e. The third kappa shape index (κ3) is 237. The number of aliphatic hydroxyl groups excluding tert-OH is 2. The van der Waals surface area contributed by atoms with Crippen molar-refractivity contribution in [2.75, 3.05) is 13.7 Å². The first-order valence-electron chi connectivity index (χ1n) is 4.56. The van der Waals surface area contributed by atoms with Crippen LogP contribution in [-0.2, 0) is 0 Å². The monoisotopic (exact) mass is 302 g/mol. The molecular formula is C18H54O2. The number of hydrogen-bond acceptors (Lipinski definition) is 2. The maximum Gasteiger partial charge on any atom is 0.0433 e. The fraction of sp³-hybridized carbons (Fsp3) is 0.889. The molecule has 0 saturated carbocycles. The van der Waals surface area contributed by atoms with Crippen LogP contribution < -0.4 is 0 Å². The maximum absolute atomic E-state index is 8.24. The third-order valence-electron chi connectivity index (χ3n) is 1.04. The summed E-state index contributed by atoms with van der Waals surface area (Å²) in [5, 5.41) is 15.2. The van der Waals surface area contributed by atoms with E-state index in [0.29, 0.717) is 18.4 Å². The van der Waals surface area contributed by atoms with Gasteiger partial charge in [0.05, 0.1) is 0 Å². The molecule has 0 atom stereocenters. The number of rotatable bonds is 2. The Kier molecular flexibility index (Phi) is 291. The van der Waals surface area contributed by atoms with Crippen molar-refractivity contribution in [2.24, 2.45) is 11.8 Å². The standard InChI is InChI=1S/C5H12O.C5H8.CH4O.7CH4.H2/c1-5(2)3-4-6;1-4-5(2)3;1-2;;;;;;;;/h5-6H,3-4H2,1-2H3;1,5H,2-3H3;2H,1H3;7*1H4;1H. The Balaban J connectivity index is -0.00000000707. The minimum absolute atomic E-state index is 0. The van der Waals surface area contributed by atoms with Gasteiger partial charge in [-0.3, -0.25) is 0 Å². The summed E-state index contributed by atoms with van der Waals surface area (Å²) in [7, 11) is 1.00.